The number of aromatic nitrogens is 1. The van der Waals surface area contributed by atoms with Crippen molar-refractivity contribution in [3.8, 4) is 10.4 Å². The molecule has 0 aliphatic heterocycles. The lowest BCUT2D eigenvalue weighted by molar-refractivity contribution is -0.111. The monoisotopic (exact) mass is 430 g/mol. The number of aryl methyl sites for hydroxylation is 1. The molecule has 3 aromatic rings. The number of nitrogens with zero attached hydrogens (tertiary/aromatic N) is 1. The topological polar surface area (TPSA) is 111 Å². The number of primary amides is 1. The van der Waals surface area contributed by atoms with Crippen LogP contribution in [0.5, 0.6) is 0 Å². The van der Waals surface area contributed by atoms with Crippen LogP contribution in [0.1, 0.15) is 15.9 Å². The average Bonchev–Trinajstić information content (AvgIpc) is 2.93. The Morgan fingerprint density at radius 3 is 2.77 bits per heavy atom. The second kappa shape index (κ2) is 6.89. The number of nitrogens with one attached hydrogen (secondary N) is 1. The predicted molar refractivity (Wildman–Crippen MR) is 109 cm³/mol. The number of carbonyl (C=O) groups is 2. The molecule has 0 atom stereocenters. The molecule has 1 aromatic carbocycles. The minimum absolute atomic E-state index is 0.295. The summed E-state index contributed by atoms with van der Waals surface area (Å²) in [7, 11) is 0. The second-order valence-electron chi connectivity index (χ2n) is 5.61. The molecule has 3 rings (SSSR count). The maximum Gasteiger partial charge on any atom is 0.251 e. The number of amides is 2. The van der Waals surface area contributed by atoms with Crippen LogP contribution in [0, 0.1) is 6.92 Å². The van der Waals surface area contributed by atoms with Crippen LogP contribution in [0.3, 0.4) is 0 Å². The van der Waals surface area contributed by atoms with E-state index in [-0.39, 0.29) is 5.91 Å². The van der Waals surface area contributed by atoms with Crippen molar-refractivity contribution in [3.05, 3.63) is 52.7 Å². The Balaban J connectivity index is 2.30. The van der Waals surface area contributed by atoms with Crippen LogP contribution in [-0.2, 0) is 4.79 Å². The van der Waals surface area contributed by atoms with E-state index in [0.717, 1.165) is 16.0 Å². The molecule has 0 aliphatic rings. The molecule has 26 heavy (non-hydrogen) atoms. The summed E-state index contributed by atoms with van der Waals surface area (Å²) < 4.78 is 1.34. The van der Waals surface area contributed by atoms with E-state index in [4.69, 9.17) is 11.5 Å². The number of fused-ring (bicyclic) bond motifs is 1. The third-order valence-electron chi connectivity index (χ3n) is 3.81. The first-order chi connectivity index (χ1) is 12.3. The molecule has 5 N–H and O–H groups in total. The van der Waals surface area contributed by atoms with E-state index >= 15 is 0 Å². The quantitative estimate of drug-likeness (QED) is 0.545. The highest BCUT2D eigenvalue weighted by molar-refractivity contribution is 9.10. The first kappa shape index (κ1) is 18.1. The molecular weight excluding hydrogens is 416 g/mol. The molecule has 0 saturated carbocycles. The summed E-state index contributed by atoms with van der Waals surface area (Å²) in [6.07, 6.45) is 2.58. The van der Waals surface area contributed by atoms with Gasteiger partial charge in [-0.15, -0.1) is 11.3 Å². The van der Waals surface area contributed by atoms with Crippen molar-refractivity contribution in [3.63, 3.8) is 0 Å². The number of rotatable bonds is 4. The van der Waals surface area contributed by atoms with Crippen LogP contribution in [0.15, 0.2) is 41.5 Å². The highest BCUT2D eigenvalue weighted by Gasteiger charge is 2.21. The van der Waals surface area contributed by atoms with Crippen LogP contribution in [-0.4, -0.2) is 16.8 Å². The molecule has 0 saturated heterocycles. The van der Waals surface area contributed by atoms with E-state index < -0.39 is 5.91 Å². The first-order valence-corrected chi connectivity index (χ1v) is 9.15. The molecule has 2 aromatic heterocycles. The molecule has 8 heteroatoms. The van der Waals surface area contributed by atoms with Gasteiger partial charge in [0.25, 0.3) is 5.91 Å². The number of benzene rings is 1. The molecule has 0 fully saturated rings. The summed E-state index contributed by atoms with van der Waals surface area (Å²) in [4.78, 5) is 28.4. The van der Waals surface area contributed by atoms with Crippen molar-refractivity contribution < 1.29 is 9.59 Å². The van der Waals surface area contributed by atoms with Crippen molar-refractivity contribution in [2.24, 2.45) is 5.73 Å². The largest absolute Gasteiger partial charge is 0.383 e. The van der Waals surface area contributed by atoms with Gasteiger partial charge in [-0.25, -0.2) is 4.98 Å². The third kappa shape index (κ3) is 3.09. The highest BCUT2D eigenvalue weighted by Crippen LogP contribution is 2.47. The standard InChI is InChI=1S/C18H15BrN4O2S/c1-3-12(24)23-11-6-8(2)4-5-9(11)16-14(19)13-15(26-16)10(18(21)25)7-22-17(13)20/h3-7H,1H2,2H3,(H2,20,22)(H2,21,25)(H,23,24). The zero-order valence-electron chi connectivity index (χ0n) is 13.8. The fraction of sp³-hybridized carbons (Fsp3) is 0.0556. The lowest BCUT2D eigenvalue weighted by Crippen LogP contribution is -2.11. The lowest BCUT2D eigenvalue weighted by atomic mass is 10.1. The smallest absolute Gasteiger partial charge is 0.251 e. The van der Waals surface area contributed by atoms with Crippen LogP contribution < -0.4 is 16.8 Å². The Labute approximate surface area is 162 Å². The zero-order chi connectivity index (χ0) is 19.0. The molecule has 6 nitrogen and oxygen atoms in total. The SMILES string of the molecule is C=CC(=O)Nc1cc(C)ccc1-c1sc2c(C(N)=O)cnc(N)c2c1Br. The molecule has 2 amide bonds. The minimum Gasteiger partial charge on any atom is -0.383 e. The Kier molecular flexibility index (Phi) is 4.80. The van der Waals surface area contributed by atoms with Gasteiger partial charge in [0.15, 0.2) is 0 Å². The maximum absolute atomic E-state index is 11.8. The Hall–Kier alpha value is -2.71. The van der Waals surface area contributed by atoms with Crippen molar-refractivity contribution >= 4 is 60.7 Å². The summed E-state index contributed by atoms with van der Waals surface area (Å²) in [5.74, 6) is -0.594. The number of thiophene rings is 1. The summed E-state index contributed by atoms with van der Waals surface area (Å²) in [5.41, 5.74) is 14.2. The molecule has 0 bridgehead atoms. The van der Waals surface area contributed by atoms with E-state index in [9.17, 15) is 9.59 Å². The van der Waals surface area contributed by atoms with Gasteiger partial charge in [0.2, 0.25) is 5.91 Å². The van der Waals surface area contributed by atoms with E-state index in [1.165, 1.54) is 23.6 Å². The molecule has 2 heterocycles. The number of hydrogen-bond acceptors (Lipinski definition) is 5. The lowest BCUT2D eigenvalue weighted by Gasteiger charge is -2.10. The molecular formula is C18H15BrN4O2S. The summed E-state index contributed by atoms with van der Waals surface area (Å²) in [5, 5.41) is 3.44. The molecule has 0 aliphatic carbocycles. The number of nitrogen functional groups attached to an aromatic ring is 1. The molecule has 0 spiro atoms. The van der Waals surface area contributed by atoms with Gasteiger partial charge < -0.3 is 16.8 Å². The average molecular weight is 431 g/mol. The number of anilines is 2. The molecule has 0 radical (unpaired) electrons. The minimum atomic E-state index is -0.577. The van der Waals surface area contributed by atoms with Crippen LogP contribution in [0.2, 0.25) is 0 Å². The fourth-order valence-corrected chi connectivity index (χ4v) is 4.82. The van der Waals surface area contributed by atoms with Gasteiger partial charge in [0, 0.05) is 21.9 Å². The first-order valence-electron chi connectivity index (χ1n) is 7.54. The highest BCUT2D eigenvalue weighted by atomic mass is 79.9. The number of hydrogen-bond donors (Lipinski definition) is 3. The molecule has 0 unspecified atom stereocenters. The van der Waals surface area contributed by atoms with E-state index in [1.54, 1.807) is 0 Å². The zero-order valence-corrected chi connectivity index (χ0v) is 16.2. The normalized spacial score (nSPS) is 10.7. The summed E-state index contributed by atoms with van der Waals surface area (Å²) >= 11 is 4.92. The number of halogens is 1. The van der Waals surface area contributed by atoms with E-state index in [0.29, 0.717) is 31.6 Å². The van der Waals surface area contributed by atoms with Gasteiger partial charge in [-0.3, -0.25) is 9.59 Å². The van der Waals surface area contributed by atoms with E-state index in [1.807, 2.05) is 25.1 Å². The van der Waals surface area contributed by atoms with Crippen LogP contribution in [0.4, 0.5) is 11.5 Å². The van der Waals surface area contributed by atoms with Crippen LogP contribution in [0.25, 0.3) is 20.5 Å². The summed E-state index contributed by atoms with van der Waals surface area (Å²) in [6.45, 7) is 5.41. The number of nitrogens with two attached hydrogens (primary N) is 2. The van der Waals surface area contributed by atoms with Gasteiger partial charge in [-0.2, -0.15) is 0 Å². The van der Waals surface area contributed by atoms with Gasteiger partial charge in [0.05, 0.1) is 20.5 Å². The number of carbonyl (C=O) groups excluding carboxylic acids is 2. The fourth-order valence-electron chi connectivity index (χ4n) is 2.58. The summed E-state index contributed by atoms with van der Waals surface area (Å²) in [6, 6.07) is 5.70. The number of pyridine rings is 1. The van der Waals surface area contributed by atoms with E-state index in [2.05, 4.69) is 32.8 Å². The van der Waals surface area contributed by atoms with Crippen molar-refractivity contribution in [1.29, 1.82) is 0 Å². The Morgan fingerprint density at radius 2 is 2.12 bits per heavy atom. The second-order valence-corrected chi connectivity index (χ2v) is 7.43. The van der Waals surface area contributed by atoms with Gasteiger partial charge >= 0.3 is 0 Å². The molecule has 132 valence electrons. The Morgan fingerprint density at radius 1 is 1.38 bits per heavy atom. The third-order valence-corrected chi connectivity index (χ3v) is 6.12. The van der Waals surface area contributed by atoms with Gasteiger partial charge in [-0.1, -0.05) is 18.7 Å². The van der Waals surface area contributed by atoms with Gasteiger partial charge in [-0.05, 0) is 40.6 Å². The van der Waals surface area contributed by atoms with Crippen molar-refractivity contribution in [1.82, 2.24) is 4.98 Å². The van der Waals surface area contributed by atoms with Crippen LogP contribution >= 0.6 is 27.3 Å². The van der Waals surface area contributed by atoms with Crippen molar-refractivity contribution in [2.75, 3.05) is 11.1 Å². The van der Waals surface area contributed by atoms with Gasteiger partial charge in [0.1, 0.15) is 5.82 Å². The Bertz CT molecular complexity index is 1070. The van der Waals surface area contributed by atoms with Crippen molar-refractivity contribution in [2.45, 2.75) is 6.92 Å². The maximum atomic E-state index is 11.8. The predicted octanol–water partition coefficient (Wildman–Crippen LogP) is 3.84.